The van der Waals surface area contributed by atoms with Crippen molar-refractivity contribution in [3.8, 4) is 5.75 Å². The van der Waals surface area contributed by atoms with Crippen molar-refractivity contribution in [1.82, 2.24) is 0 Å². The number of benzene rings is 2. The minimum Gasteiger partial charge on any atom is -0.495 e. The first-order valence-corrected chi connectivity index (χ1v) is 6.30. The summed E-state index contributed by atoms with van der Waals surface area (Å²) in [7, 11) is 3.76. The third-order valence-electron chi connectivity index (χ3n) is 3.15. The number of anilines is 2. The number of ether oxygens (including phenoxy) is 1. The van der Waals surface area contributed by atoms with Gasteiger partial charge in [0.1, 0.15) is 5.75 Å². The zero-order valence-corrected chi connectivity index (χ0v) is 11.7. The van der Waals surface area contributed by atoms with E-state index >= 15 is 0 Å². The third-order valence-corrected chi connectivity index (χ3v) is 3.15. The smallest absolute Gasteiger partial charge is 0.142 e. The van der Waals surface area contributed by atoms with Gasteiger partial charge < -0.3 is 15.4 Å². The molecular formula is C16H20N2O. The van der Waals surface area contributed by atoms with Gasteiger partial charge in [-0.05, 0) is 42.3 Å². The summed E-state index contributed by atoms with van der Waals surface area (Å²) in [4.78, 5) is 2.18. The molecule has 0 radical (unpaired) electrons. The number of aryl methyl sites for hydroxylation is 1. The molecule has 0 spiro atoms. The third kappa shape index (κ3) is 3.19. The Labute approximate surface area is 114 Å². The van der Waals surface area contributed by atoms with Crippen molar-refractivity contribution in [2.45, 2.75) is 13.5 Å². The second-order valence-electron chi connectivity index (χ2n) is 4.77. The highest BCUT2D eigenvalue weighted by molar-refractivity contribution is 5.59. The predicted octanol–water partition coefficient (Wildman–Crippen LogP) is 3.22. The van der Waals surface area contributed by atoms with E-state index in [0.29, 0.717) is 0 Å². The van der Waals surface area contributed by atoms with E-state index in [0.717, 1.165) is 23.7 Å². The van der Waals surface area contributed by atoms with Crippen molar-refractivity contribution >= 4 is 11.4 Å². The predicted molar refractivity (Wildman–Crippen MR) is 80.7 cm³/mol. The summed E-state index contributed by atoms with van der Waals surface area (Å²) in [5.41, 5.74) is 10.0. The summed E-state index contributed by atoms with van der Waals surface area (Å²) in [5, 5.41) is 0. The Morgan fingerprint density at radius 3 is 2.42 bits per heavy atom. The van der Waals surface area contributed by atoms with Crippen LogP contribution in [0.5, 0.6) is 5.75 Å². The van der Waals surface area contributed by atoms with E-state index in [9.17, 15) is 0 Å². The maximum atomic E-state index is 5.70. The lowest BCUT2D eigenvalue weighted by Gasteiger charge is -2.22. The van der Waals surface area contributed by atoms with E-state index in [4.69, 9.17) is 10.5 Å². The highest BCUT2D eigenvalue weighted by Crippen LogP contribution is 2.29. The van der Waals surface area contributed by atoms with Gasteiger partial charge in [0.2, 0.25) is 0 Å². The van der Waals surface area contributed by atoms with E-state index in [-0.39, 0.29) is 0 Å². The molecule has 3 heteroatoms. The van der Waals surface area contributed by atoms with Crippen molar-refractivity contribution in [2.24, 2.45) is 0 Å². The molecule has 0 aliphatic carbocycles. The Balaban J connectivity index is 2.21. The molecule has 0 saturated heterocycles. The first-order chi connectivity index (χ1) is 9.10. The normalized spacial score (nSPS) is 10.3. The highest BCUT2D eigenvalue weighted by Gasteiger charge is 2.08. The number of nitrogens with two attached hydrogens (primary N) is 1. The summed E-state index contributed by atoms with van der Waals surface area (Å²) in [5.74, 6) is 0.892. The molecular weight excluding hydrogens is 236 g/mol. The molecule has 0 saturated carbocycles. The van der Waals surface area contributed by atoms with Gasteiger partial charge in [0.15, 0.2) is 0 Å². The Morgan fingerprint density at radius 1 is 1.11 bits per heavy atom. The SMILES string of the molecule is COc1ccc(C)cc1N(C)Cc1ccc(N)cc1. The maximum Gasteiger partial charge on any atom is 0.142 e. The first kappa shape index (κ1) is 13.3. The van der Waals surface area contributed by atoms with Crippen LogP contribution in [0.3, 0.4) is 0 Å². The average Bonchev–Trinajstić information content (AvgIpc) is 2.41. The number of rotatable bonds is 4. The fraction of sp³-hybridized carbons (Fsp3) is 0.250. The van der Waals surface area contributed by atoms with Crippen molar-refractivity contribution in [3.63, 3.8) is 0 Å². The minimum absolute atomic E-state index is 0.791. The molecule has 0 unspecified atom stereocenters. The van der Waals surface area contributed by atoms with Gasteiger partial charge >= 0.3 is 0 Å². The Hall–Kier alpha value is -2.16. The summed E-state index contributed by atoms with van der Waals surface area (Å²) < 4.78 is 5.42. The fourth-order valence-corrected chi connectivity index (χ4v) is 2.08. The maximum absolute atomic E-state index is 5.70. The lowest BCUT2D eigenvalue weighted by molar-refractivity contribution is 0.414. The quantitative estimate of drug-likeness (QED) is 0.854. The van der Waals surface area contributed by atoms with E-state index in [2.05, 4.69) is 31.0 Å². The standard InChI is InChI=1S/C16H20N2O/c1-12-4-9-16(19-3)15(10-12)18(2)11-13-5-7-14(17)8-6-13/h4-10H,11,17H2,1-3H3. The van der Waals surface area contributed by atoms with Crippen LogP contribution in [0.4, 0.5) is 11.4 Å². The van der Waals surface area contributed by atoms with Crippen LogP contribution in [0.15, 0.2) is 42.5 Å². The number of hydrogen-bond donors (Lipinski definition) is 1. The van der Waals surface area contributed by atoms with Crippen LogP contribution in [-0.2, 0) is 6.54 Å². The van der Waals surface area contributed by atoms with Crippen molar-refractivity contribution < 1.29 is 4.74 Å². The second-order valence-corrected chi connectivity index (χ2v) is 4.77. The molecule has 100 valence electrons. The lowest BCUT2D eigenvalue weighted by Crippen LogP contribution is -2.17. The van der Waals surface area contributed by atoms with Gasteiger partial charge in [0.05, 0.1) is 12.8 Å². The average molecular weight is 256 g/mol. The molecule has 0 atom stereocenters. The number of hydrogen-bond acceptors (Lipinski definition) is 3. The van der Waals surface area contributed by atoms with Crippen molar-refractivity contribution in [3.05, 3.63) is 53.6 Å². The molecule has 0 aliphatic heterocycles. The van der Waals surface area contributed by atoms with Gasteiger partial charge in [-0.15, -0.1) is 0 Å². The Morgan fingerprint density at radius 2 is 1.79 bits per heavy atom. The summed E-state index contributed by atoms with van der Waals surface area (Å²) >= 11 is 0. The minimum atomic E-state index is 0.791. The molecule has 2 rings (SSSR count). The number of nitrogens with zero attached hydrogens (tertiary/aromatic N) is 1. The van der Waals surface area contributed by atoms with Crippen LogP contribution in [-0.4, -0.2) is 14.2 Å². The van der Waals surface area contributed by atoms with E-state index < -0.39 is 0 Å². The topological polar surface area (TPSA) is 38.5 Å². The molecule has 2 N–H and O–H groups in total. The fourth-order valence-electron chi connectivity index (χ4n) is 2.08. The molecule has 0 aliphatic rings. The largest absolute Gasteiger partial charge is 0.495 e. The van der Waals surface area contributed by atoms with E-state index in [1.54, 1.807) is 7.11 Å². The molecule has 0 bridgehead atoms. The van der Waals surface area contributed by atoms with Crippen LogP contribution < -0.4 is 15.4 Å². The lowest BCUT2D eigenvalue weighted by atomic mass is 10.1. The zero-order valence-electron chi connectivity index (χ0n) is 11.7. The monoisotopic (exact) mass is 256 g/mol. The summed E-state index contributed by atoms with van der Waals surface area (Å²) in [6.45, 7) is 2.90. The first-order valence-electron chi connectivity index (χ1n) is 6.30. The molecule has 0 amide bonds. The zero-order chi connectivity index (χ0) is 13.8. The van der Waals surface area contributed by atoms with Crippen LogP contribution in [0.2, 0.25) is 0 Å². The number of methoxy groups -OCH3 is 1. The van der Waals surface area contributed by atoms with Crippen LogP contribution >= 0.6 is 0 Å². The molecule has 0 heterocycles. The second kappa shape index (κ2) is 5.65. The van der Waals surface area contributed by atoms with Crippen LogP contribution in [0.1, 0.15) is 11.1 Å². The van der Waals surface area contributed by atoms with Gasteiger partial charge in [-0.3, -0.25) is 0 Å². The van der Waals surface area contributed by atoms with Gasteiger partial charge in [-0.25, -0.2) is 0 Å². The van der Waals surface area contributed by atoms with Crippen molar-refractivity contribution in [1.29, 1.82) is 0 Å². The molecule has 0 aromatic heterocycles. The van der Waals surface area contributed by atoms with Gasteiger partial charge in [0.25, 0.3) is 0 Å². The summed E-state index contributed by atoms with van der Waals surface area (Å²) in [6, 6.07) is 14.1. The summed E-state index contributed by atoms with van der Waals surface area (Å²) in [6.07, 6.45) is 0. The van der Waals surface area contributed by atoms with Gasteiger partial charge in [-0.1, -0.05) is 18.2 Å². The Bertz CT molecular complexity index is 549. The molecule has 3 nitrogen and oxygen atoms in total. The molecule has 19 heavy (non-hydrogen) atoms. The van der Waals surface area contributed by atoms with Crippen LogP contribution in [0.25, 0.3) is 0 Å². The Kier molecular flexibility index (Phi) is 3.95. The van der Waals surface area contributed by atoms with Gasteiger partial charge in [0, 0.05) is 19.3 Å². The van der Waals surface area contributed by atoms with Crippen molar-refractivity contribution in [2.75, 3.05) is 24.8 Å². The highest BCUT2D eigenvalue weighted by atomic mass is 16.5. The molecule has 2 aromatic rings. The molecule has 2 aromatic carbocycles. The van der Waals surface area contributed by atoms with Gasteiger partial charge in [-0.2, -0.15) is 0 Å². The van der Waals surface area contributed by atoms with E-state index in [1.807, 2.05) is 30.3 Å². The van der Waals surface area contributed by atoms with Crippen LogP contribution in [0, 0.1) is 6.92 Å². The molecule has 0 fully saturated rings. The van der Waals surface area contributed by atoms with E-state index in [1.165, 1.54) is 11.1 Å². The number of nitrogen functional groups attached to an aromatic ring is 1.